The van der Waals surface area contributed by atoms with E-state index in [-0.39, 0.29) is 11.1 Å². The van der Waals surface area contributed by atoms with Crippen molar-refractivity contribution in [1.29, 1.82) is 0 Å². The number of rotatable bonds is 8. The van der Waals surface area contributed by atoms with E-state index in [0.29, 0.717) is 13.1 Å². The average Bonchev–Trinajstić information content (AvgIpc) is 2.46. The quantitative estimate of drug-likeness (QED) is 0.500. The maximum Gasteiger partial charge on any atom is 0.329 e. The van der Waals surface area contributed by atoms with E-state index in [4.69, 9.17) is 4.74 Å². The van der Waals surface area contributed by atoms with Crippen molar-refractivity contribution in [2.75, 3.05) is 34.3 Å². The van der Waals surface area contributed by atoms with E-state index in [9.17, 15) is 14.4 Å². The molecule has 0 rings (SSSR count). The first-order chi connectivity index (χ1) is 10.2. The molecule has 0 saturated heterocycles. The lowest BCUT2D eigenvalue weighted by Crippen LogP contribution is -2.52. The Labute approximate surface area is 139 Å². The molecule has 2 N–H and O–H groups in total. The number of amides is 2. The van der Waals surface area contributed by atoms with Crippen LogP contribution in [-0.4, -0.2) is 67.1 Å². The first-order valence-electron chi connectivity index (χ1n) is 6.76. The second-order valence-corrected chi connectivity index (χ2v) is 7.95. The number of nitrogens with one attached hydrogen (secondary N) is 2. The first kappa shape index (κ1) is 21.1. The molecule has 1 atom stereocenters. The number of hydrogen-bond donors (Lipinski definition) is 2. The van der Waals surface area contributed by atoms with Crippen molar-refractivity contribution < 1.29 is 19.1 Å². The lowest BCUT2D eigenvalue weighted by Gasteiger charge is -2.31. The van der Waals surface area contributed by atoms with Crippen LogP contribution in [0.25, 0.3) is 0 Å². The third kappa shape index (κ3) is 7.37. The summed E-state index contributed by atoms with van der Waals surface area (Å²) >= 11 is 0. The van der Waals surface area contributed by atoms with Crippen LogP contribution in [-0.2, 0) is 14.3 Å². The maximum absolute atomic E-state index is 12.0. The zero-order valence-electron chi connectivity index (χ0n) is 13.9. The molecule has 1 unspecified atom stereocenters. The van der Waals surface area contributed by atoms with Gasteiger partial charge in [0.25, 0.3) is 5.24 Å². The van der Waals surface area contributed by atoms with Crippen LogP contribution in [0.5, 0.6) is 0 Å². The molecule has 0 saturated carbocycles. The molecule has 0 spiro atoms. The molecule has 0 aliphatic carbocycles. The lowest BCUT2D eigenvalue weighted by molar-refractivity contribution is -0.145. The largest absolute Gasteiger partial charge is 0.467 e. The highest BCUT2D eigenvalue weighted by Crippen LogP contribution is 2.39. The van der Waals surface area contributed by atoms with Crippen molar-refractivity contribution in [2.45, 2.75) is 31.6 Å². The van der Waals surface area contributed by atoms with Gasteiger partial charge in [0.15, 0.2) is 0 Å². The molecule has 0 bridgehead atoms. The van der Waals surface area contributed by atoms with E-state index in [0.717, 1.165) is 10.8 Å². The van der Waals surface area contributed by atoms with Gasteiger partial charge in [0.05, 0.1) is 11.9 Å². The number of hydrogen-bond acceptors (Lipinski definition) is 7. The van der Waals surface area contributed by atoms with Gasteiger partial charge in [-0.05, 0) is 20.9 Å². The fourth-order valence-corrected chi connectivity index (χ4v) is 3.75. The Bertz CT molecular complexity index is 405. The highest BCUT2D eigenvalue weighted by molar-refractivity contribution is 8.82. The summed E-state index contributed by atoms with van der Waals surface area (Å²) in [6.45, 7) is 6.19. The third-order valence-electron chi connectivity index (χ3n) is 2.82. The molecule has 0 heterocycles. The smallest absolute Gasteiger partial charge is 0.329 e. The van der Waals surface area contributed by atoms with Crippen LogP contribution in [0.4, 0.5) is 4.79 Å². The molecule has 0 fully saturated rings. The second-order valence-electron chi connectivity index (χ2n) is 5.22. The van der Waals surface area contributed by atoms with E-state index in [1.165, 1.54) is 24.8 Å². The van der Waals surface area contributed by atoms with Crippen LogP contribution < -0.4 is 10.6 Å². The highest BCUT2D eigenvalue weighted by atomic mass is 33.1. The summed E-state index contributed by atoms with van der Waals surface area (Å²) in [4.78, 5) is 36.7. The van der Waals surface area contributed by atoms with Gasteiger partial charge in [0.2, 0.25) is 5.91 Å². The Hall–Kier alpha value is -0.930. The summed E-state index contributed by atoms with van der Waals surface area (Å²) in [5.74, 6) is -0.865. The maximum atomic E-state index is 12.0. The van der Waals surface area contributed by atoms with Crippen LogP contribution in [0.2, 0.25) is 0 Å². The first-order valence-corrected chi connectivity index (χ1v) is 8.91. The van der Waals surface area contributed by atoms with Crippen LogP contribution in [0.1, 0.15) is 20.8 Å². The van der Waals surface area contributed by atoms with Gasteiger partial charge in [0, 0.05) is 37.9 Å². The molecule has 9 heteroatoms. The number of carbonyl (C=O) groups excluding carboxylic acids is 3. The van der Waals surface area contributed by atoms with Gasteiger partial charge in [-0.3, -0.25) is 9.59 Å². The number of nitrogens with zero attached hydrogens (tertiary/aromatic N) is 1. The number of carbonyl (C=O) groups is 3. The normalized spacial score (nSPS) is 12.5. The fourth-order valence-electron chi connectivity index (χ4n) is 1.46. The van der Waals surface area contributed by atoms with E-state index >= 15 is 0 Å². The molecular weight excluding hydrogens is 326 g/mol. The predicted molar refractivity (Wildman–Crippen MR) is 90.8 cm³/mol. The van der Waals surface area contributed by atoms with Crippen LogP contribution in [0.3, 0.4) is 0 Å². The molecule has 0 aromatic carbocycles. The van der Waals surface area contributed by atoms with E-state index in [2.05, 4.69) is 10.6 Å². The molecule has 0 aliphatic heterocycles. The molecule has 7 nitrogen and oxygen atoms in total. The monoisotopic (exact) mass is 351 g/mol. The minimum Gasteiger partial charge on any atom is -0.467 e. The lowest BCUT2D eigenvalue weighted by atomic mass is 10.0. The predicted octanol–water partition coefficient (Wildman–Crippen LogP) is 1.10. The van der Waals surface area contributed by atoms with Crippen LogP contribution in [0, 0.1) is 0 Å². The third-order valence-corrected chi connectivity index (χ3v) is 5.99. The summed E-state index contributed by atoms with van der Waals surface area (Å²) in [6.07, 6.45) is 0. The van der Waals surface area contributed by atoms with Gasteiger partial charge in [-0.15, -0.1) is 0 Å². The Kier molecular flexibility index (Phi) is 9.54. The van der Waals surface area contributed by atoms with Crippen molar-refractivity contribution in [3.63, 3.8) is 0 Å². The van der Waals surface area contributed by atoms with Gasteiger partial charge >= 0.3 is 5.97 Å². The minimum atomic E-state index is -0.831. The molecule has 0 aromatic rings. The van der Waals surface area contributed by atoms with Crippen molar-refractivity contribution in [1.82, 2.24) is 15.5 Å². The second kappa shape index (κ2) is 9.96. The van der Waals surface area contributed by atoms with Crippen molar-refractivity contribution >= 4 is 38.7 Å². The summed E-state index contributed by atoms with van der Waals surface area (Å²) in [6, 6.07) is -0.831. The Morgan fingerprint density at radius 1 is 1.32 bits per heavy atom. The topological polar surface area (TPSA) is 87.7 Å². The van der Waals surface area contributed by atoms with Gasteiger partial charge in [-0.1, -0.05) is 10.8 Å². The molecule has 22 heavy (non-hydrogen) atoms. The Balaban J connectivity index is 4.72. The summed E-state index contributed by atoms with van der Waals surface area (Å²) < 4.78 is 4.02. The number of likely N-dealkylation sites (N-methyl/N-ethyl adjacent to an activating group) is 2. The SMILES string of the molecule is CNCCN(C)C(=O)SSC(C)(C)C(NC(C)=O)C(=O)OC. The summed E-state index contributed by atoms with van der Waals surface area (Å²) in [5.41, 5.74) is 0. The van der Waals surface area contributed by atoms with Crippen molar-refractivity contribution in [3.05, 3.63) is 0 Å². The minimum absolute atomic E-state index is 0.111. The van der Waals surface area contributed by atoms with Gasteiger partial charge < -0.3 is 20.3 Å². The van der Waals surface area contributed by atoms with Gasteiger partial charge in [-0.25, -0.2) is 4.79 Å². The molecular formula is C13H25N3O4S2. The number of methoxy groups -OCH3 is 1. The van der Waals surface area contributed by atoms with Crippen molar-refractivity contribution in [3.8, 4) is 0 Å². The fraction of sp³-hybridized carbons (Fsp3) is 0.769. The molecule has 128 valence electrons. The highest BCUT2D eigenvalue weighted by Gasteiger charge is 2.38. The van der Waals surface area contributed by atoms with Crippen molar-refractivity contribution in [2.24, 2.45) is 0 Å². The molecule has 0 radical (unpaired) electrons. The van der Waals surface area contributed by atoms with E-state index < -0.39 is 16.8 Å². The van der Waals surface area contributed by atoms with E-state index in [1.54, 1.807) is 25.8 Å². The Morgan fingerprint density at radius 2 is 1.91 bits per heavy atom. The van der Waals surface area contributed by atoms with Crippen LogP contribution >= 0.6 is 21.6 Å². The number of ether oxygens (including phenoxy) is 1. The number of esters is 1. The van der Waals surface area contributed by atoms with Gasteiger partial charge in [0.1, 0.15) is 6.04 Å². The zero-order valence-corrected chi connectivity index (χ0v) is 15.5. The van der Waals surface area contributed by atoms with Crippen LogP contribution in [0.15, 0.2) is 0 Å². The summed E-state index contributed by atoms with van der Waals surface area (Å²) in [5, 5.41) is 5.43. The Morgan fingerprint density at radius 3 is 2.36 bits per heavy atom. The zero-order chi connectivity index (χ0) is 17.3. The summed E-state index contributed by atoms with van der Waals surface area (Å²) in [7, 11) is 7.07. The standard InChI is InChI=1S/C13H25N3O4S2/c1-9(17)15-10(11(18)20-6)13(2,3)22-21-12(19)16(5)8-7-14-4/h10,14H,7-8H2,1-6H3,(H,15,17). The molecule has 0 aliphatic rings. The average molecular weight is 351 g/mol. The van der Waals surface area contributed by atoms with E-state index in [1.807, 2.05) is 7.05 Å². The van der Waals surface area contributed by atoms with Gasteiger partial charge in [-0.2, -0.15) is 0 Å². The molecule has 2 amide bonds. The molecule has 0 aromatic heterocycles.